The number of rotatable bonds is 51. The molecule has 0 aliphatic rings. The number of ether oxygens (including phenoxy) is 1. The number of aliphatic hydroxyl groups is 2. The van der Waals surface area contributed by atoms with Crippen LogP contribution in [0, 0.1) is 0 Å². The summed E-state index contributed by atoms with van der Waals surface area (Å²) in [6.45, 7) is 4.90. The van der Waals surface area contributed by atoms with E-state index in [1.165, 1.54) is 238 Å². The number of amides is 1. The lowest BCUT2D eigenvalue weighted by atomic mass is 10.0. The van der Waals surface area contributed by atoms with Crippen LogP contribution >= 0.6 is 0 Å². The first-order chi connectivity index (χ1) is 30.0. The van der Waals surface area contributed by atoms with Gasteiger partial charge in [-0.3, -0.25) is 9.59 Å². The van der Waals surface area contributed by atoms with Gasteiger partial charge in [-0.2, -0.15) is 0 Å². The van der Waals surface area contributed by atoms with Gasteiger partial charge in [0, 0.05) is 12.8 Å². The summed E-state index contributed by atoms with van der Waals surface area (Å²) in [5.74, 6) is -0.0628. The fraction of sp³-hybridized carbons (Fsp3) is 0.927. The first kappa shape index (κ1) is 59.6. The summed E-state index contributed by atoms with van der Waals surface area (Å²) >= 11 is 0. The van der Waals surface area contributed by atoms with Gasteiger partial charge in [-0.1, -0.05) is 270 Å². The number of nitrogens with one attached hydrogen (secondary N) is 1. The summed E-state index contributed by atoms with van der Waals surface area (Å²) in [5, 5.41) is 23.0. The summed E-state index contributed by atoms with van der Waals surface area (Å²) < 4.78 is 5.48. The van der Waals surface area contributed by atoms with Crippen LogP contribution in [0.2, 0.25) is 0 Å². The van der Waals surface area contributed by atoms with Crippen molar-refractivity contribution in [1.29, 1.82) is 0 Å². The Hall–Kier alpha value is -1.40. The Balaban J connectivity index is 3.39. The van der Waals surface area contributed by atoms with Crippen LogP contribution in [-0.2, 0) is 14.3 Å². The zero-order valence-corrected chi connectivity index (χ0v) is 41.2. The van der Waals surface area contributed by atoms with Gasteiger partial charge < -0.3 is 20.3 Å². The van der Waals surface area contributed by atoms with Gasteiger partial charge in [-0.05, 0) is 32.1 Å². The summed E-state index contributed by atoms with van der Waals surface area (Å²) in [4.78, 5) is 24.4. The molecule has 0 aliphatic carbocycles. The molecule has 2 atom stereocenters. The Kier molecular flexibility index (Phi) is 50.1. The van der Waals surface area contributed by atoms with E-state index in [0.29, 0.717) is 19.4 Å². The van der Waals surface area contributed by atoms with Crippen molar-refractivity contribution < 1.29 is 24.5 Å². The molecule has 2 unspecified atom stereocenters. The molecule has 6 nitrogen and oxygen atoms in total. The Labute approximate surface area is 380 Å². The first-order valence-electron chi connectivity index (χ1n) is 27.5. The predicted octanol–water partition coefficient (Wildman–Crippen LogP) is 16.5. The Bertz CT molecular complexity index is 909. The number of carbonyl (C=O) groups excluding carboxylic acids is 2. The highest BCUT2D eigenvalue weighted by Crippen LogP contribution is 2.17. The van der Waals surface area contributed by atoms with Gasteiger partial charge in [0.15, 0.2) is 0 Å². The molecule has 0 rings (SSSR count). The highest BCUT2D eigenvalue weighted by Gasteiger charge is 2.18. The minimum absolute atomic E-state index is 0.00945. The van der Waals surface area contributed by atoms with Gasteiger partial charge in [-0.25, -0.2) is 0 Å². The summed E-state index contributed by atoms with van der Waals surface area (Å²) in [6.07, 6.45) is 59.4. The van der Waals surface area contributed by atoms with E-state index in [-0.39, 0.29) is 18.5 Å². The highest BCUT2D eigenvalue weighted by molar-refractivity contribution is 5.76. The lowest BCUT2D eigenvalue weighted by molar-refractivity contribution is -0.143. The fourth-order valence-electron chi connectivity index (χ4n) is 8.58. The van der Waals surface area contributed by atoms with E-state index >= 15 is 0 Å². The van der Waals surface area contributed by atoms with Gasteiger partial charge in [0.25, 0.3) is 0 Å². The molecule has 61 heavy (non-hydrogen) atoms. The number of aliphatic hydroxyl groups excluding tert-OH is 2. The van der Waals surface area contributed by atoms with E-state index in [1.54, 1.807) is 6.08 Å². The maximum absolute atomic E-state index is 12.4. The molecule has 0 radical (unpaired) electrons. The van der Waals surface area contributed by atoms with Crippen molar-refractivity contribution >= 4 is 11.9 Å². The molecule has 0 aromatic carbocycles. The average molecular weight is 862 g/mol. The van der Waals surface area contributed by atoms with E-state index in [4.69, 9.17) is 4.74 Å². The molecule has 0 saturated heterocycles. The zero-order chi connectivity index (χ0) is 44.4. The molecule has 0 saturated carbocycles. The Morgan fingerprint density at radius 2 is 0.754 bits per heavy atom. The molecule has 0 aliphatic heterocycles. The third kappa shape index (κ3) is 47.9. The van der Waals surface area contributed by atoms with Crippen molar-refractivity contribution in [2.75, 3.05) is 13.2 Å². The molecule has 3 N–H and O–H groups in total. The summed E-state index contributed by atoms with van der Waals surface area (Å²) in [5.41, 5.74) is 0. The van der Waals surface area contributed by atoms with Crippen LogP contribution in [0.4, 0.5) is 0 Å². The summed E-state index contributed by atoms with van der Waals surface area (Å²) in [6, 6.07) is -0.628. The molecule has 0 spiro atoms. The van der Waals surface area contributed by atoms with Crippen LogP contribution in [0.25, 0.3) is 0 Å². The molecule has 0 bridgehead atoms. The van der Waals surface area contributed by atoms with Crippen LogP contribution in [-0.4, -0.2) is 47.4 Å². The fourth-order valence-corrected chi connectivity index (χ4v) is 8.58. The smallest absolute Gasteiger partial charge is 0.305 e. The van der Waals surface area contributed by atoms with Crippen molar-refractivity contribution in [3.8, 4) is 0 Å². The average Bonchev–Trinajstić information content (AvgIpc) is 3.26. The largest absolute Gasteiger partial charge is 0.466 e. The number of esters is 1. The molecule has 0 aromatic rings. The molecule has 0 aromatic heterocycles. The number of hydrogen-bond donors (Lipinski definition) is 3. The van der Waals surface area contributed by atoms with Crippen molar-refractivity contribution in [3.63, 3.8) is 0 Å². The molecule has 1 amide bonds. The van der Waals surface area contributed by atoms with Gasteiger partial charge in [0.2, 0.25) is 5.91 Å². The van der Waals surface area contributed by atoms with E-state index in [0.717, 1.165) is 38.5 Å². The normalized spacial score (nSPS) is 12.7. The number of hydrogen-bond acceptors (Lipinski definition) is 5. The third-order valence-corrected chi connectivity index (χ3v) is 12.8. The van der Waals surface area contributed by atoms with Crippen molar-refractivity contribution in [1.82, 2.24) is 5.32 Å². The molecule has 362 valence electrons. The van der Waals surface area contributed by atoms with E-state index in [1.807, 2.05) is 6.08 Å². The van der Waals surface area contributed by atoms with Crippen LogP contribution < -0.4 is 5.32 Å². The number of allylic oxidation sites excluding steroid dienone is 1. The first-order valence-corrected chi connectivity index (χ1v) is 27.5. The second-order valence-corrected chi connectivity index (χ2v) is 18.9. The molecular formula is C55H107NO5. The van der Waals surface area contributed by atoms with Gasteiger partial charge in [-0.15, -0.1) is 0 Å². The van der Waals surface area contributed by atoms with Gasteiger partial charge in [0.1, 0.15) is 0 Å². The van der Waals surface area contributed by atoms with E-state index in [9.17, 15) is 19.8 Å². The lowest BCUT2D eigenvalue weighted by Gasteiger charge is -2.20. The molecule has 0 heterocycles. The Morgan fingerprint density at radius 1 is 0.443 bits per heavy atom. The van der Waals surface area contributed by atoms with Crippen molar-refractivity contribution in [2.45, 2.75) is 315 Å². The SMILES string of the molecule is CCCCCCCCCCC/C=C/C(O)C(CO)NC(=O)CCCCCCCCCCCCCCCCCCCCOC(=O)CCCCCCCCCCCCCCCCC. The Morgan fingerprint density at radius 3 is 1.11 bits per heavy atom. The van der Waals surface area contributed by atoms with Gasteiger partial charge in [0.05, 0.1) is 25.4 Å². The van der Waals surface area contributed by atoms with Gasteiger partial charge >= 0.3 is 5.97 Å². The van der Waals surface area contributed by atoms with Crippen LogP contribution in [0.5, 0.6) is 0 Å². The van der Waals surface area contributed by atoms with Crippen molar-refractivity contribution in [3.05, 3.63) is 12.2 Å². The maximum Gasteiger partial charge on any atom is 0.305 e. The molecule has 6 heteroatoms. The molecule has 0 fully saturated rings. The van der Waals surface area contributed by atoms with E-state index in [2.05, 4.69) is 19.2 Å². The topological polar surface area (TPSA) is 95.9 Å². The minimum atomic E-state index is -0.844. The van der Waals surface area contributed by atoms with Crippen molar-refractivity contribution in [2.24, 2.45) is 0 Å². The maximum atomic E-state index is 12.4. The number of unbranched alkanes of at least 4 members (excludes halogenated alkanes) is 40. The second-order valence-electron chi connectivity index (χ2n) is 18.9. The lowest BCUT2D eigenvalue weighted by Crippen LogP contribution is -2.45. The van der Waals surface area contributed by atoms with Crippen LogP contribution in [0.1, 0.15) is 303 Å². The monoisotopic (exact) mass is 862 g/mol. The quantitative estimate of drug-likeness (QED) is 0.0322. The minimum Gasteiger partial charge on any atom is -0.466 e. The standard InChI is InChI=1S/C55H107NO5/c1-3-5-7-9-11-13-15-16-21-25-29-33-37-41-45-49-55(60)61-50-46-42-38-34-30-26-23-20-18-17-19-22-24-28-32-36-40-44-48-54(59)56-52(51-57)53(58)47-43-39-35-31-27-14-12-10-8-6-4-2/h43,47,52-53,57-58H,3-42,44-46,48-51H2,1-2H3,(H,56,59)/b47-43+. The second kappa shape index (κ2) is 51.2. The zero-order valence-electron chi connectivity index (χ0n) is 41.2. The third-order valence-electron chi connectivity index (χ3n) is 12.8. The number of carbonyl (C=O) groups is 2. The van der Waals surface area contributed by atoms with Crippen LogP contribution in [0.3, 0.4) is 0 Å². The molecular weight excluding hydrogens is 755 g/mol. The summed E-state index contributed by atoms with van der Waals surface area (Å²) in [7, 11) is 0. The predicted molar refractivity (Wildman–Crippen MR) is 264 cm³/mol. The van der Waals surface area contributed by atoms with E-state index < -0.39 is 12.1 Å². The van der Waals surface area contributed by atoms with Crippen LogP contribution in [0.15, 0.2) is 12.2 Å². The highest BCUT2D eigenvalue weighted by atomic mass is 16.5.